The molecule has 3 nitrogen and oxygen atoms in total. The lowest BCUT2D eigenvalue weighted by Gasteiger charge is -2.05. The van der Waals surface area contributed by atoms with Crippen LogP contribution in [0.15, 0.2) is 48.5 Å². The molecule has 1 N–H and O–H groups in total. The molecule has 2 rings (SSSR count). The highest BCUT2D eigenvalue weighted by molar-refractivity contribution is 5.67. The Hall–Kier alpha value is -2.76. The molecule has 0 unspecified atom stereocenters. The molecule has 0 aliphatic heterocycles. The SMILES string of the molecule is O=C(NCCC=Cc1cc(F)c(F)c(F)c1)OCc1ccccc1. The fraction of sp³-hybridized carbons (Fsp3) is 0.167. The molecule has 0 bridgehead atoms. The highest BCUT2D eigenvalue weighted by atomic mass is 19.2. The van der Waals surface area contributed by atoms with Crippen LogP contribution in [0, 0.1) is 17.5 Å². The van der Waals surface area contributed by atoms with Gasteiger partial charge in [-0.15, -0.1) is 0 Å². The molecule has 0 saturated carbocycles. The number of carbonyl (C=O) groups is 1. The monoisotopic (exact) mass is 335 g/mol. The molecule has 0 atom stereocenters. The summed E-state index contributed by atoms with van der Waals surface area (Å²) in [6, 6.07) is 11.1. The second kappa shape index (κ2) is 8.76. The first-order chi connectivity index (χ1) is 11.6. The molecule has 0 radical (unpaired) electrons. The van der Waals surface area contributed by atoms with E-state index < -0.39 is 23.5 Å². The van der Waals surface area contributed by atoms with Crippen LogP contribution >= 0.6 is 0 Å². The maximum absolute atomic E-state index is 13.0. The summed E-state index contributed by atoms with van der Waals surface area (Å²) in [4.78, 5) is 11.5. The van der Waals surface area contributed by atoms with Gasteiger partial charge in [0.1, 0.15) is 6.61 Å². The van der Waals surface area contributed by atoms with E-state index in [0.717, 1.165) is 17.7 Å². The zero-order chi connectivity index (χ0) is 17.4. The second-order valence-corrected chi connectivity index (χ2v) is 4.98. The minimum Gasteiger partial charge on any atom is -0.445 e. The summed E-state index contributed by atoms with van der Waals surface area (Å²) >= 11 is 0. The lowest BCUT2D eigenvalue weighted by atomic mass is 10.2. The third kappa shape index (κ3) is 5.46. The Morgan fingerprint density at radius 2 is 1.75 bits per heavy atom. The van der Waals surface area contributed by atoms with Crippen molar-refractivity contribution in [1.82, 2.24) is 5.32 Å². The van der Waals surface area contributed by atoms with Gasteiger partial charge in [0.25, 0.3) is 0 Å². The van der Waals surface area contributed by atoms with Gasteiger partial charge in [-0.2, -0.15) is 0 Å². The Bertz CT molecular complexity index is 694. The molecular weight excluding hydrogens is 319 g/mol. The number of carbonyl (C=O) groups excluding carboxylic acids is 1. The van der Waals surface area contributed by atoms with Gasteiger partial charge in [-0.25, -0.2) is 18.0 Å². The first-order valence-corrected chi connectivity index (χ1v) is 7.32. The van der Waals surface area contributed by atoms with Gasteiger partial charge in [0.15, 0.2) is 17.5 Å². The summed E-state index contributed by atoms with van der Waals surface area (Å²) < 4.78 is 43.9. The van der Waals surface area contributed by atoms with Crippen molar-refractivity contribution < 1.29 is 22.7 Å². The highest BCUT2D eigenvalue weighted by Crippen LogP contribution is 2.14. The molecule has 24 heavy (non-hydrogen) atoms. The molecular formula is C18H16F3NO2. The maximum Gasteiger partial charge on any atom is 0.407 e. The van der Waals surface area contributed by atoms with Gasteiger partial charge in [-0.1, -0.05) is 42.5 Å². The van der Waals surface area contributed by atoms with Crippen molar-refractivity contribution in [3.63, 3.8) is 0 Å². The van der Waals surface area contributed by atoms with E-state index in [0.29, 0.717) is 13.0 Å². The van der Waals surface area contributed by atoms with E-state index in [1.165, 1.54) is 6.08 Å². The average molecular weight is 335 g/mol. The van der Waals surface area contributed by atoms with Crippen LogP contribution in [-0.4, -0.2) is 12.6 Å². The van der Waals surface area contributed by atoms with Crippen LogP contribution in [0.1, 0.15) is 17.5 Å². The minimum atomic E-state index is -1.49. The molecule has 0 heterocycles. The van der Waals surface area contributed by atoms with Crippen molar-refractivity contribution in [2.45, 2.75) is 13.0 Å². The Kier molecular flexibility index (Phi) is 6.42. The van der Waals surface area contributed by atoms with E-state index >= 15 is 0 Å². The van der Waals surface area contributed by atoms with E-state index in [2.05, 4.69) is 5.32 Å². The molecule has 2 aromatic carbocycles. The largest absolute Gasteiger partial charge is 0.445 e. The number of nitrogens with one attached hydrogen (secondary N) is 1. The van der Waals surface area contributed by atoms with E-state index in [1.54, 1.807) is 6.08 Å². The average Bonchev–Trinajstić information content (AvgIpc) is 2.58. The normalized spacial score (nSPS) is 10.8. The van der Waals surface area contributed by atoms with Gasteiger partial charge >= 0.3 is 6.09 Å². The van der Waals surface area contributed by atoms with Gasteiger partial charge < -0.3 is 10.1 Å². The summed E-state index contributed by atoms with van der Waals surface area (Å²) in [6.07, 6.45) is 2.94. The van der Waals surface area contributed by atoms with E-state index in [9.17, 15) is 18.0 Å². The quantitative estimate of drug-likeness (QED) is 0.626. The van der Waals surface area contributed by atoms with Crippen molar-refractivity contribution in [2.24, 2.45) is 0 Å². The van der Waals surface area contributed by atoms with Gasteiger partial charge in [-0.3, -0.25) is 0 Å². The van der Waals surface area contributed by atoms with Crippen LogP contribution in [-0.2, 0) is 11.3 Å². The minimum absolute atomic E-state index is 0.177. The molecule has 0 aliphatic rings. The third-order valence-electron chi connectivity index (χ3n) is 3.11. The van der Waals surface area contributed by atoms with Crippen LogP contribution in [0.3, 0.4) is 0 Å². The van der Waals surface area contributed by atoms with Gasteiger partial charge in [0, 0.05) is 6.54 Å². The number of amides is 1. The smallest absolute Gasteiger partial charge is 0.407 e. The van der Waals surface area contributed by atoms with Crippen molar-refractivity contribution in [2.75, 3.05) is 6.54 Å². The van der Waals surface area contributed by atoms with Crippen LogP contribution < -0.4 is 5.32 Å². The van der Waals surface area contributed by atoms with E-state index in [1.807, 2.05) is 30.3 Å². The number of hydrogen-bond acceptors (Lipinski definition) is 2. The van der Waals surface area contributed by atoms with Crippen LogP contribution in [0.4, 0.5) is 18.0 Å². The van der Waals surface area contributed by atoms with Crippen LogP contribution in [0.2, 0.25) is 0 Å². The van der Waals surface area contributed by atoms with E-state index in [4.69, 9.17) is 4.74 Å². The molecule has 1 amide bonds. The molecule has 6 heteroatoms. The fourth-order valence-corrected chi connectivity index (χ4v) is 1.92. The molecule has 0 fully saturated rings. The summed E-state index contributed by atoms with van der Waals surface area (Å²) in [5.41, 5.74) is 1.09. The lowest BCUT2D eigenvalue weighted by Crippen LogP contribution is -2.24. The number of alkyl carbamates (subject to hydrolysis) is 1. The number of halogens is 3. The Labute approximate surface area is 137 Å². The second-order valence-electron chi connectivity index (χ2n) is 4.98. The molecule has 2 aromatic rings. The Morgan fingerprint density at radius 1 is 1.08 bits per heavy atom. The zero-order valence-corrected chi connectivity index (χ0v) is 12.8. The molecule has 126 valence electrons. The van der Waals surface area contributed by atoms with Gasteiger partial charge in [0.2, 0.25) is 0 Å². The molecule has 0 aliphatic carbocycles. The van der Waals surface area contributed by atoms with Crippen molar-refractivity contribution in [3.05, 3.63) is 77.1 Å². The molecule has 0 aromatic heterocycles. The third-order valence-corrected chi connectivity index (χ3v) is 3.11. The van der Waals surface area contributed by atoms with Crippen molar-refractivity contribution >= 4 is 12.2 Å². The summed E-state index contributed by atoms with van der Waals surface area (Å²) in [5.74, 6) is -3.97. The fourth-order valence-electron chi connectivity index (χ4n) is 1.92. The highest BCUT2D eigenvalue weighted by Gasteiger charge is 2.08. The summed E-state index contributed by atoms with van der Waals surface area (Å²) in [5, 5.41) is 2.55. The molecule has 0 saturated heterocycles. The number of rotatable bonds is 6. The van der Waals surface area contributed by atoms with E-state index in [-0.39, 0.29) is 12.2 Å². The summed E-state index contributed by atoms with van der Waals surface area (Å²) in [7, 11) is 0. The van der Waals surface area contributed by atoms with Gasteiger partial charge in [0.05, 0.1) is 0 Å². The Morgan fingerprint density at radius 3 is 2.42 bits per heavy atom. The standard InChI is InChI=1S/C18H16F3NO2/c19-15-10-14(11-16(20)17(15)21)8-4-5-9-22-18(23)24-12-13-6-2-1-3-7-13/h1-4,6-8,10-11H,5,9,12H2,(H,22,23). The van der Waals surface area contributed by atoms with Crippen molar-refractivity contribution in [3.8, 4) is 0 Å². The van der Waals surface area contributed by atoms with Crippen LogP contribution in [0.5, 0.6) is 0 Å². The van der Waals surface area contributed by atoms with Gasteiger partial charge in [-0.05, 0) is 29.7 Å². The summed E-state index contributed by atoms with van der Waals surface area (Å²) in [6.45, 7) is 0.479. The lowest BCUT2D eigenvalue weighted by molar-refractivity contribution is 0.140. The zero-order valence-electron chi connectivity index (χ0n) is 12.8. The topological polar surface area (TPSA) is 38.3 Å². The van der Waals surface area contributed by atoms with Crippen LogP contribution in [0.25, 0.3) is 6.08 Å². The first kappa shape index (κ1) is 17.6. The predicted octanol–water partition coefficient (Wildman–Crippen LogP) is 4.43. The number of hydrogen-bond donors (Lipinski definition) is 1. The molecule has 0 spiro atoms. The number of ether oxygens (including phenoxy) is 1. The Balaban J connectivity index is 1.69. The maximum atomic E-state index is 13.0. The van der Waals surface area contributed by atoms with Crippen molar-refractivity contribution in [1.29, 1.82) is 0 Å². The number of benzene rings is 2. The first-order valence-electron chi connectivity index (χ1n) is 7.32. The predicted molar refractivity (Wildman–Crippen MR) is 84.6 cm³/mol.